The third-order valence-electron chi connectivity index (χ3n) is 2.50. The van der Waals surface area contributed by atoms with E-state index in [1.807, 2.05) is 30.5 Å². The maximum atomic E-state index is 10.8. The molecule has 0 aliphatic heterocycles. The standard InChI is InChI=1S/C12H12N2O2/c1-8-3-4-9(2)14(8)11-5-10(12(15)16)6-13-7-11/h3-7H,1-2H3,(H,15,16). The lowest BCUT2D eigenvalue weighted by Crippen LogP contribution is -2.03. The monoisotopic (exact) mass is 216 g/mol. The smallest absolute Gasteiger partial charge is 0.337 e. The third-order valence-corrected chi connectivity index (χ3v) is 2.50. The van der Waals surface area contributed by atoms with Crippen molar-refractivity contribution in [3.63, 3.8) is 0 Å². The molecule has 0 radical (unpaired) electrons. The van der Waals surface area contributed by atoms with Crippen molar-refractivity contribution in [2.24, 2.45) is 0 Å². The lowest BCUT2D eigenvalue weighted by atomic mass is 10.2. The van der Waals surface area contributed by atoms with E-state index in [1.54, 1.807) is 12.3 Å². The summed E-state index contributed by atoms with van der Waals surface area (Å²) in [4.78, 5) is 14.8. The molecule has 0 aliphatic rings. The predicted octanol–water partition coefficient (Wildman–Crippen LogP) is 2.19. The molecule has 0 bridgehead atoms. The number of carbonyl (C=O) groups is 1. The summed E-state index contributed by atoms with van der Waals surface area (Å²) in [6.07, 6.45) is 3.01. The van der Waals surface area contributed by atoms with Crippen molar-refractivity contribution >= 4 is 5.97 Å². The van der Waals surface area contributed by atoms with Crippen molar-refractivity contribution in [1.82, 2.24) is 9.55 Å². The maximum absolute atomic E-state index is 10.8. The summed E-state index contributed by atoms with van der Waals surface area (Å²) in [5, 5.41) is 8.90. The Morgan fingerprint density at radius 2 is 1.88 bits per heavy atom. The van der Waals surface area contributed by atoms with Gasteiger partial charge in [0.25, 0.3) is 0 Å². The zero-order valence-corrected chi connectivity index (χ0v) is 9.14. The van der Waals surface area contributed by atoms with Crippen LogP contribution < -0.4 is 0 Å². The number of carboxylic acid groups (broad SMARTS) is 1. The Morgan fingerprint density at radius 3 is 2.44 bits per heavy atom. The quantitative estimate of drug-likeness (QED) is 0.837. The third kappa shape index (κ3) is 1.69. The Hall–Kier alpha value is -2.10. The number of pyridine rings is 1. The van der Waals surface area contributed by atoms with E-state index >= 15 is 0 Å². The van der Waals surface area contributed by atoms with E-state index < -0.39 is 5.97 Å². The fourth-order valence-electron chi connectivity index (χ4n) is 1.74. The first-order valence-corrected chi connectivity index (χ1v) is 4.93. The van der Waals surface area contributed by atoms with Crippen LogP contribution in [0.15, 0.2) is 30.6 Å². The van der Waals surface area contributed by atoms with Crippen molar-refractivity contribution in [1.29, 1.82) is 0 Å². The molecule has 16 heavy (non-hydrogen) atoms. The van der Waals surface area contributed by atoms with Crippen molar-refractivity contribution < 1.29 is 9.90 Å². The number of hydrogen-bond acceptors (Lipinski definition) is 2. The summed E-state index contributed by atoms with van der Waals surface area (Å²) in [7, 11) is 0. The van der Waals surface area contributed by atoms with E-state index in [-0.39, 0.29) is 5.56 Å². The van der Waals surface area contributed by atoms with Crippen LogP contribution in [0.5, 0.6) is 0 Å². The Morgan fingerprint density at radius 1 is 1.25 bits per heavy atom. The van der Waals surface area contributed by atoms with Gasteiger partial charge < -0.3 is 9.67 Å². The molecule has 0 unspecified atom stereocenters. The molecule has 0 atom stereocenters. The van der Waals surface area contributed by atoms with Crippen LogP contribution in [0.1, 0.15) is 21.7 Å². The number of aryl methyl sites for hydroxylation is 2. The number of carboxylic acids is 1. The summed E-state index contributed by atoms with van der Waals surface area (Å²) in [6.45, 7) is 3.95. The van der Waals surface area contributed by atoms with Crippen LogP contribution in [0.2, 0.25) is 0 Å². The van der Waals surface area contributed by atoms with Crippen molar-refractivity contribution in [3.05, 3.63) is 47.5 Å². The molecule has 0 saturated heterocycles. The second-order valence-electron chi connectivity index (χ2n) is 3.69. The Kier molecular flexibility index (Phi) is 2.48. The van der Waals surface area contributed by atoms with E-state index in [2.05, 4.69) is 4.98 Å². The number of rotatable bonds is 2. The zero-order chi connectivity index (χ0) is 11.7. The van der Waals surface area contributed by atoms with Crippen LogP contribution >= 0.6 is 0 Å². The number of aromatic nitrogens is 2. The predicted molar refractivity (Wildman–Crippen MR) is 60.0 cm³/mol. The fourth-order valence-corrected chi connectivity index (χ4v) is 1.74. The first-order valence-electron chi connectivity index (χ1n) is 4.93. The van der Waals surface area contributed by atoms with Crippen molar-refractivity contribution in [2.45, 2.75) is 13.8 Å². The average molecular weight is 216 g/mol. The van der Waals surface area contributed by atoms with Crippen LogP contribution in [-0.4, -0.2) is 20.6 Å². The summed E-state index contributed by atoms with van der Waals surface area (Å²) in [6, 6.07) is 5.60. The first-order chi connectivity index (χ1) is 7.59. The van der Waals surface area contributed by atoms with E-state index in [0.29, 0.717) is 0 Å². The van der Waals surface area contributed by atoms with Gasteiger partial charge in [-0.25, -0.2) is 4.79 Å². The average Bonchev–Trinajstić information content (AvgIpc) is 2.59. The molecule has 0 fully saturated rings. The largest absolute Gasteiger partial charge is 0.478 e. The summed E-state index contributed by atoms with van der Waals surface area (Å²) in [5.41, 5.74) is 3.09. The molecule has 1 N–H and O–H groups in total. The number of nitrogens with zero attached hydrogens (tertiary/aromatic N) is 2. The number of hydrogen-bond donors (Lipinski definition) is 1. The molecule has 4 heteroatoms. The summed E-state index contributed by atoms with van der Waals surface area (Å²) in [5.74, 6) is -0.961. The zero-order valence-electron chi connectivity index (χ0n) is 9.14. The van der Waals surface area contributed by atoms with Crippen molar-refractivity contribution in [3.8, 4) is 5.69 Å². The Bertz CT molecular complexity index is 524. The molecule has 2 rings (SSSR count). The summed E-state index contributed by atoms with van der Waals surface area (Å²) >= 11 is 0. The van der Waals surface area contributed by atoms with Gasteiger partial charge in [-0.3, -0.25) is 4.98 Å². The van der Waals surface area contributed by atoms with Gasteiger partial charge in [-0.15, -0.1) is 0 Å². The van der Waals surface area contributed by atoms with Gasteiger partial charge in [-0.2, -0.15) is 0 Å². The van der Waals surface area contributed by atoms with E-state index in [0.717, 1.165) is 17.1 Å². The molecule has 0 saturated carbocycles. The molecule has 4 nitrogen and oxygen atoms in total. The second-order valence-corrected chi connectivity index (χ2v) is 3.69. The molecule has 0 aromatic carbocycles. The molecule has 2 aromatic heterocycles. The molecule has 82 valence electrons. The Balaban J connectivity index is 2.57. The van der Waals surface area contributed by atoms with Gasteiger partial charge in [0.15, 0.2) is 0 Å². The van der Waals surface area contributed by atoms with Gasteiger partial charge in [-0.1, -0.05) is 0 Å². The van der Waals surface area contributed by atoms with Crippen LogP contribution in [0.4, 0.5) is 0 Å². The molecule has 0 amide bonds. The highest BCUT2D eigenvalue weighted by Gasteiger charge is 2.08. The van der Waals surface area contributed by atoms with Crippen LogP contribution in [0, 0.1) is 13.8 Å². The molecule has 0 aliphatic carbocycles. The first kappa shape index (κ1) is 10.4. The van der Waals surface area contributed by atoms with Crippen LogP contribution in [0.25, 0.3) is 5.69 Å². The lowest BCUT2D eigenvalue weighted by molar-refractivity contribution is 0.0696. The minimum atomic E-state index is -0.961. The second kappa shape index (κ2) is 3.81. The van der Waals surface area contributed by atoms with E-state index in [1.165, 1.54) is 6.20 Å². The van der Waals surface area contributed by atoms with E-state index in [9.17, 15) is 4.79 Å². The highest BCUT2D eigenvalue weighted by Crippen LogP contribution is 2.16. The van der Waals surface area contributed by atoms with Gasteiger partial charge in [-0.05, 0) is 32.0 Å². The fraction of sp³-hybridized carbons (Fsp3) is 0.167. The molecule has 0 spiro atoms. The van der Waals surface area contributed by atoms with Gasteiger partial charge in [0, 0.05) is 17.6 Å². The van der Waals surface area contributed by atoms with Gasteiger partial charge >= 0.3 is 5.97 Å². The van der Waals surface area contributed by atoms with Gasteiger partial charge in [0.2, 0.25) is 0 Å². The SMILES string of the molecule is Cc1ccc(C)n1-c1cncc(C(=O)O)c1. The van der Waals surface area contributed by atoms with Crippen LogP contribution in [-0.2, 0) is 0 Å². The van der Waals surface area contributed by atoms with Gasteiger partial charge in [0.05, 0.1) is 17.4 Å². The molecule has 2 aromatic rings. The molecular weight excluding hydrogens is 204 g/mol. The highest BCUT2D eigenvalue weighted by molar-refractivity contribution is 5.87. The molecule has 2 heterocycles. The van der Waals surface area contributed by atoms with Gasteiger partial charge in [0.1, 0.15) is 0 Å². The number of aromatic carboxylic acids is 1. The normalized spacial score (nSPS) is 10.4. The van der Waals surface area contributed by atoms with Crippen molar-refractivity contribution in [2.75, 3.05) is 0 Å². The molecular formula is C12H12N2O2. The lowest BCUT2D eigenvalue weighted by Gasteiger charge is -2.09. The van der Waals surface area contributed by atoms with E-state index in [4.69, 9.17) is 5.11 Å². The Labute approximate surface area is 93.2 Å². The minimum absolute atomic E-state index is 0.199. The topological polar surface area (TPSA) is 55.1 Å². The summed E-state index contributed by atoms with van der Waals surface area (Å²) < 4.78 is 1.97. The maximum Gasteiger partial charge on any atom is 0.337 e. The van der Waals surface area contributed by atoms with Crippen LogP contribution in [0.3, 0.4) is 0 Å². The highest BCUT2D eigenvalue weighted by atomic mass is 16.4. The minimum Gasteiger partial charge on any atom is -0.478 e.